The van der Waals surface area contributed by atoms with Crippen LogP contribution in [0.25, 0.3) is 0 Å². The molecule has 4 rings (SSSR count). The van der Waals surface area contributed by atoms with Crippen LogP contribution in [0.5, 0.6) is 0 Å². The van der Waals surface area contributed by atoms with E-state index in [0.717, 1.165) is 50.2 Å². The fourth-order valence-corrected chi connectivity index (χ4v) is 3.86. The molecule has 1 aliphatic carbocycles. The van der Waals surface area contributed by atoms with Crippen molar-refractivity contribution in [3.05, 3.63) is 51.7 Å². The topological polar surface area (TPSA) is 60.1 Å². The molecule has 26 heavy (non-hydrogen) atoms. The maximum Gasteiger partial charge on any atom is 0.345 e. The van der Waals surface area contributed by atoms with Gasteiger partial charge in [-0.3, -0.25) is 9.36 Å². The highest BCUT2D eigenvalue weighted by atomic mass is 16.2. The molecule has 1 aromatic heterocycles. The lowest BCUT2D eigenvalue weighted by atomic mass is 9.95. The van der Waals surface area contributed by atoms with Crippen molar-refractivity contribution in [3.63, 3.8) is 0 Å². The van der Waals surface area contributed by atoms with Gasteiger partial charge in [-0.2, -0.15) is 5.10 Å². The largest absolute Gasteiger partial charge is 0.345 e. The molecule has 0 atom stereocenters. The molecule has 1 saturated carbocycles. The third kappa shape index (κ3) is 3.20. The molecule has 0 spiro atoms. The molecule has 2 fully saturated rings. The fourth-order valence-electron chi connectivity index (χ4n) is 3.86. The highest BCUT2D eigenvalue weighted by molar-refractivity contribution is 5.81. The third-order valence-electron chi connectivity index (χ3n) is 5.75. The summed E-state index contributed by atoms with van der Waals surface area (Å²) in [7, 11) is 1.81. The zero-order valence-electron chi connectivity index (χ0n) is 15.5. The van der Waals surface area contributed by atoms with Crippen LogP contribution in [0, 0.1) is 12.8 Å². The Kier molecular flexibility index (Phi) is 4.42. The van der Waals surface area contributed by atoms with Gasteiger partial charge in [0.1, 0.15) is 5.82 Å². The SMILES string of the molecule is Cc1ccccc1Cn1nc(C2CCN(C(=O)C3CC3)CC2)n(C)c1=O. The van der Waals surface area contributed by atoms with Gasteiger partial charge in [0.25, 0.3) is 0 Å². The average Bonchev–Trinajstić information content (AvgIpc) is 3.46. The van der Waals surface area contributed by atoms with Crippen LogP contribution in [-0.4, -0.2) is 38.2 Å². The molecule has 6 nitrogen and oxygen atoms in total. The van der Waals surface area contributed by atoms with E-state index in [4.69, 9.17) is 0 Å². The van der Waals surface area contributed by atoms with Crippen LogP contribution in [0.15, 0.2) is 29.1 Å². The zero-order valence-corrected chi connectivity index (χ0v) is 15.5. The number of piperidine rings is 1. The van der Waals surface area contributed by atoms with Gasteiger partial charge in [0.15, 0.2) is 0 Å². The van der Waals surface area contributed by atoms with E-state index in [0.29, 0.717) is 12.5 Å². The Morgan fingerprint density at radius 3 is 2.50 bits per heavy atom. The number of nitrogens with zero attached hydrogens (tertiary/aromatic N) is 4. The van der Waals surface area contributed by atoms with Gasteiger partial charge < -0.3 is 4.90 Å². The van der Waals surface area contributed by atoms with Gasteiger partial charge in [-0.25, -0.2) is 9.48 Å². The molecule has 6 heteroatoms. The number of likely N-dealkylation sites (tertiary alicyclic amines) is 1. The molecule has 2 heterocycles. The number of aromatic nitrogens is 3. The van der Waals surface area contributed by atoms with Crippen molar-refractivity contribution < 1.29 is 4.79 Å². The summed E-state index contributed by atoms with van der Waals surface area (Å²) < 4.78 is 3.25. The van der Waals surface area contributed by atoms with E-state index in [1.807, 2.05) is 23.1 Å². The van der Waals surface area contributed by atoms with Gasteiger partial charge in [0.05, 0.1) is 6.54 Å². The number of carbonyl (C=O) groups is 1. The summed E-state index contributed by atoms with van der Waals surface area (Å²) in [6, 6.07) is 8.08. The Morgan fingerprint density at radius 1 is 1.15 bits per heavy atom. The quantitative estimate of drug-likeness (QED) is 0.844. The van der Waals surface area contributed by atoms with Crippen molar-refractivity contribution in [2.24, 2.45) is 13.0 Å². The minimum Gasteiger partial charge on any atom is -0.342 e. The summed E-state index contributed by atoms with van der Waals surface area (Å²) >= 11 is 0. The maximum atomic E-state index is 12.6. The molecule has 1 saturated heterocycles. The maximum absolute atomic E-state index is 12.6. The Balaban J connectivity index is 1.49. The summed E-state index contributed by atoms with van der Waals surface area (Å²) in [5, 5.41) is 4.65. The summed E-state index contributed by atoms with van der Waals surface area (Å²) in [4.78, 5) is 26.8. The number of hydrogen-bond acceptors (Lipinski definition) is 3. The van der Waals surface area contributed by atoms with Crippen molar-refractivity contribution in [3.8, 4) is 0 Å². The van der Waals surface area contributed by atoms with Crippen LogP contribution in [0.3, 0.4) is 0 Å². The second-order valence-corrected chi connectivity index (χ2v) is 7.66. The Morgan fingerprint density at radius 2 is 1.85 bits per heavy atom. The lowest BCUT2D eigenvalue weighted by Gasteiger charge is -2.31. The van der Waals surface area contributed by atoms with Crippen LogP contribution >= 0.6 is 0 Å². The van der Waals surface area contributed by atoms with Crippen molar-refractivity contribution >= 4 is 5.91 Å². The molecule has 0 bridgehead atoms. The Hall–Kier alpha value is -2.37. The smallest absolute Gasteiger partial charge is 0.342 e. The molecule has 1 aromatic carbocycles. The highest BCUT2D eigenvalue weighted by Crippen LogP contribution is 2.33. The molecule has 2 aliphatic rings. The summed E-state index contributed by atoms with van der Waals surface area (Å²) in [5.41, 5.74) is 2.21. The molecule has 1 aliphatic heterocycles. The Labute approximate surface area is 153 Å². The van der Waals surface area contributed by atoms with Gasteiger partial charge >= 0.3 is 5.69 Å². The number of rotatable bonds is 4. The minimum atomic E-state index is -0.0697. The van der Waals surface area contributed by atoms with E-state index in [1.165, 1.54) is 5.56 Å². The van der Waals surface area contributed by atoms with E-state index in [2.05, 4.69) is 18.1 Å². The van der Waals surface area contributed by atoms with Crippen LogP contribution in [0.2, 0.25) is 0 Å². The van der Waals surface area contributed by atoms with Crippen LogP contribution in [0.1, 0.15) is 48.6 Å². The average molecular weight is 354 g/mol. The van der Waals surface area contributed by atoms with Gasteiger partial charge in [-0.1, -0.05) is 24.3 Å². The minimum absolute atomic E-state index is 0.0697. The number of amides is 1. The predicted octanol–water partition coefficient (Wildman–Crippen LogP) is 2.05. The van der Waals surface area contributed by atoms with E-state index >= 15 is 0 Å². The molecule has 1 amide bonds. The molecule has 0 N–H and O–H groups in total. The number of aryl methyl sites for hydroxylation is 1. The van der Waals surface area contributed by atoms with Gasteiger partial charge in [-0.05, 0) is 43.7 Å². The molecule has 0 radical (unpaired) electrons. The first-order valence-corrected chi connectivity index (χ1v) is 9.51. The predicted molar refractivity (Wildman–Crippen MR) is 99.0 cm³/mol. The van der Waals surface area contributed by atoms with Crippen molar-refractivity contribution in [2.75, 3.05) is 13.1 Å². The zero-order chi connectivity index (χ0) is 18.3. The first-order valence-electron chi connectivity index (χ1n) is 9.51. The number of benzene rings is 1. The molecular formula is C20H26N4O2. The number of hydrogen-bond donors (Lipinski definition) is 0. The lowest BCUT2D eigenvalue weighted by molar-refractivity contribution is -0.133. The highest BCUT2D eigenvalue weighted by Gasteiger charge is 2.35. The first-order chi connectivity index (χ1) is 12.5. The van der Waals surface area contributed by atoms with Crippen molar-refractivity contribution in [2.45, 2.75) is 45.1 Å². The summed E-state index contributed by atoms with van der Waals surface area (Å²) in [5.74, 6) is 1.70. The second kappa shape index (κ2) is 6.74. The van der Waals surface area contributed by atoms with E-state index in [1.54, 1.807) is 16.3 Å². The van der Waals surface area contributed by atoms with Gasteiger partial charge in [0, 0.05) is 32.0 Å². The molecule has 2 aromatic rings. The second-order valence-electron chi connectivity index (χ2n) is 7.66. The molecular weight excluding hydrogens is 328 g/mol. The molecule has 0 unspecified atom stereocenters. The van der Waals surface area contributed by atoms with Crippen LogP contribution in [0.4, 0.5) is 0 Å². The first kappa shape index (κ1) is 17.1. The normalized spacial score (nSPS) is 18.3. The van der Waals surface area contributed by atoms with Gasteiger partial charge in [0.2, 0.25) is 5.91 Å². The van der Waals surface area contributed by atoms with Crippen molar-refractivity contribution in [1.82, 2.24) is 19.2 Å². The fraction of sp³-hybridized carbons (Fsp3) is 0.550. The monoisotopic (exact) mass is 354 g/mol. The third-order valence-corrected chi connectivity index (χ3v) is 5.75. The van der Waals surface area contributed by atoms with E-state index < -0.39 is 0 Å². The Bertz CT molecular complexity index is 870. The molecule has 138 valence electrons. The number of carbonyl (C=O) groups excluding carboxylic acids is 1. The summed E-state index contributed by atoms with van der Waals surface area (Å²) in [6.07, 6.45) is 3.87. The standard InChI is InChI=1S/C20H26N4O2/c1-14-5-3-4-6-17(14)13-24-20(26)22(2)18(21-24)15-9-11-23(12-10-15)19(25)16-7-8-16/h3-6,15-16H,7-13H2,1-2H3. The summed E-state index contributed by atoms with van der Waals surface area (Å²) in [6.45, 7) is 4.10. The lowest BCUT2D eigenvalue weighted by Crippen LogP contribution is -2.39. The van der Waals surface area contributed by atoms with Gasteiger partial charge in [-0.15, -0.1) is 0 Å². The van der Waals surface area contributed by atoms with Crippen LogP contribution < -0.4 is 5.69 Å². The van der Waals surface area contributed by atoms with E-state index in [-0.39, 0.29) is 17.5 Å². The van der Waals surface area contributed by atoms with E-state index in [9.17, 15) is 9.59 Å². The van der Waals surface area contributed by atoms with Crippen LogP contribution in [-0.2, 0) is 18.4 Å². The van der Waals surface area contributed by atoms with Crippen molar-refractivity contribution in [1.29, 1.82) is 0 Å².